The molecule has 216 valence electrons. The summed E-state index contributed by atoms with van der Waals surface area (Å²) < 4.78 is 23.1. The largest absolute Gasteiger partial charge is 0.497 e. The monoisotopic (exact) mass is 692 g/mol. The van der Waals surface area contributed by atoms with E-state index in [4.69, 9.17) is 29.6 Å². The topological polar surface area (TPSA) is 110 Å². The zero-order chi connectivity index (χ0) is 30.2. The predicted octanol–water partition coefficient (Wildman–Crippen LogP) is 6.89. The first kappa shape index (κ1) is 31.0. The Morgan fingerprint density at radius 1 is 0.762 bits per heavy atom. The van der Waals surface area contributed by atoms with E-state index in [1.807, 2.05) is 42.5 Å². The van der Waals surface area contributed by atoms with Crippen molar-refractivity contribution in [2.75, 3.05) is 28.4 Å². The minimum absolute atomic E-state index is 0.407. The summed E-state index contributed by atoms with van der Waals surface area (Å²) in [6.07, 6.45) is 6.54. The lowest BCUT2D eigenvalue weighted by atomic mass is 9.99. The van der Waals surface area contributed by atoms with Gasteiger partial charge in [0.05, 0.1) is 39.8 Å². The summed E-state index contributed by atoms with van der Waals surface area (Å²) in [4.78, 5) is 8.54. The first-order valence-corrected chi connectivity index (χ1v) is 14.6. The quantitative estimate of drug-likeness (QED) is 0.224. The molecule has 1 aliphatic rings. The average molecular weight is 694 g/mol. The number of rotatable bonds is 7. The number of hydrogen-bond donors (Lipinski definition) is 1. The molecule has 1 aliphatic carbocycles. The number of pyridine rings is 2. The van der Waals surface area contributed by atoms with Crippen LogP contribution >= 0.6 is 31.9 Å². The van der Waals surface area contributed by atoms with Crippen molar-refractivity contribution in [1.29, 1.82) is 10.7 Å². The molecule has 4 aromatic rings. The van der Waals surface area contributed by atoms with Crippen molar-refractivity contribution < 1.29 is 18.9 Å². The van der Waals surface area contributed by atoms with E-state index in [1.165, 1.54) is 0 Å². The average Bonchev–Trinajstić information content (AvgIpc) is 3.15. The third-order valence-electron chi connectivity index (χ3n) is 6.83. The Hall–Kier alpha value is -3.94. The molecule has 0 amide bonds. The molecule has 0 saturated heterocycles. The van der Waals surface area contributed by atoms with Gasteiger partial charge in [-0.2, -0.15) is 5.26 Å². The molecule has 2 aromatic heterocycles. The second-order valence-electron chi connectivity index (χ2n) is 9.39. The molecule has 0 radical (unpaired) electrons. The Kier molecular flexibility index (Phi) is 10.6. The highest BCUT2D eigenvalue weighted by atomic mass is 79.9. The molecule has 0 aliphatic heterocycles. The molecule has 5 rings (SSSR count). The fourth-order valence-corrected chi connectivity index (χ4v) is 5.51. The van der Waals surface area contributed by atoms with Crippen LogP contribution in [0.5, 0.6) is 23.0 Å². The van der Waals surface area contributed by atoms with Gasteiger partial charge in [-0.1, -0.05) is 0 Å². The van der Waals surface area contributed by atoms with Crippen LogP contribution in [0.4, 0.5) is 0 Å². The fourth-order valence-electron chi connectivity index (χ4n) is 4.75. The number of hydrogen-bond acceptors (Lipinski definition) is 8. The number of methoxy groups -OCH3 is 4. The normalized spacial score (nSPS) is 11.6. The first-order valence-electron chi connectivity index (χ1n) is 13.0. The number of nitrogens with zero attached hydrogens (tertiary/aromatic N) is 3. The van der Waals surface area contributed by atoms with Crippen LogP contribution in [0.2, 0.25) is 0 Å². The summed E-state index contributed by atoms with van der Waals surface area (Å²) in [7, 11) is 6.51. The SMILES string of the molecule is COc1cc(CCc2cc(Br)cnc2C#N)cc(OC)c1.COc1cc2c(c(OC)c1)C(=N)c1ncc(Br)cc1CC2. The highest BCUT2D eigenvalue weighted by Crippen LogP contribution is 2.34. The van der Waals surface area contributed by atoms with Gasteiger partial charge in [-0.05, 0) is 110 Å². The molecule has 0 saturated carbocycles. The lowest BCUT2D eigenvalue weighted by Crippen LogP contribution is -2.09. The Labute approximate surface area is 262 Å². The minimum atomic E-state index is 0.407. The number of nitrogens with one attached hydrogen (secondary N) is 1. The summed E-state index contributed by atoms with van der Waals surface area (Å²) in [6, 6.07) is 15.7. The first-order chi connectivity index (χ1) is 20.3. The zero-order valence-electron chi connectivity index (χ0n) is 23.8. The van der Waals surface area contributed by atoms with Crippen molar-refractivity contribution in [3.05, 3.63) is 103 Å². The van der Waals surface area contributed by atoms with E-state index in [9.17, 15) is 0 Å². The van der Waals surface area contributed by atoms with E-state index in [0.29, 0.717) is 17.2 Å². The summed E-state index contributed by atoms with van der Waals surface area (Å²) in [5, 5.41) is 17.6. The van der Waals surface area contributed by atoms with Gasteiger partial charge in [-0.25, -0.2) is 4.98 Å². The third-order valence-corrected chi connectivity index (χ3v) is 7.70. The van der Waals surface area contributed by atoms with Crippen LogP contribution in [0, 0.1) is 16.7 Å². The van der Waals surface area contributed by atoms with E-state index < -0.39 is 0 Å². The molecule has 10 heteroatoms. The highest BCUT2D eigenvalue weighted by Gasteiger charge is 2.24. The van der Waals surface area contributed by atoms with Crippen molar-refractivity contribution in [1.82, 2.24) is 9.97 Å². The van der Waals surface area contributed by atoms with Crippen LogP contribution in [0.3, 0.4) is 0 Å². The number of fused-ring (bicyclic) bond motifs is 2. The molecule has 0 atom stereocenters. The maximum Gasteiger partial charge on any atom is 0.143 e. The number of aryl methyl sites for hydroxylation is 4. The second kappa shape index (κ2) is 14.3. The van der Waals surface area contributed by atoms with Gasteiger partial charge in [0.1, 0.15) is 34.8 Å². The van der Waals surface area contributed by atoms with Crippen LogP contribution in [0.25, 0.3) is 0 Å². The molecule has 0 fully saturated rings. The smallest absolute Gasteiger partial charge is 0.143 e. The van der Waals surface area contributed by atoms with E-state index in [0.717, 1.165) is 85.4 Å². The third kappa shape index (κ3) is 7.27. The molecular formula is C32H30Br2N4O4. The van der Waals surface area contributed by atoms with E-state index >= 15 is 0 Å². The maximum atomic E-state index is 9.10. The van der Waals surface area contributed by atoms with Crippen LogP contribution in [-0.2, 0) is 25.7 Å². The molecule has 2 heterocycles. The van der Waals surface area contributed by atoms with Gasteiger partial charge < -0.3 is 18.9 Å². The van der Waals surface area contributed by atoms with Gasteiger partial charge in [0.2, 0.25) is 0 Å². The van der Waals surface area contributed by atoms with Crippen molar-refractivity contribution in [3.63, 3.8) is 0 Å². The van der Waals surface area contributed by atoms with Crippen molar-refractivity contribution in [2.24, 2.45) is 0 Å². The number of ether oxygens (including phenoxy) is 4. The summed E-state index contributed by atoms with van der Waals surface area (Å²) in [6.45, 7) is 0. The molecule has 0 spiro atoms. The number of halogens is 2. The predicted molar refractivity (Wildman–Crippen MR) is 168 cm³/mol. The standard InChI is InChI=1S/2C16H15BrN2O2/c1-20-12-6-9-3-4-10-5-11(17)8-19-16(10)15(18)14(9)13(7-12)21-2;1-20-14-5-11(6-15(8-14)21-2)3-4-12-7-13(17)10-19-16(12)9-18/h5-8,18H,3-4H2,1-2H3;5-8,10H,3-4H2,1-2H3. The van der Waals surface area contributed by atoms with Crippen molar-refractivity contribution >= 4 is 37.6 Å². The Bertz CT molecular complexity index is 1630. The molecule has 8 nitrogen and oxygen atoms in total. The Morgan fingerprint density at radius 3 is 2.02 bits per heavy atom. The molecule has 0 unspecified atom stereocenters. The number of nitriles is 1. The van der Waals surface area contributed by atoms with Crippen LogP contribution in [0.1, 0.15) is 39.2 Å². The van der Waals surface area contributed by atoms with Gasteiger partial charge in [0.25, 0.3) is 0 Å². The Balaban J connectivity index is 0.000000193. The second-order valence-corrected chi connectivity index (χ2v) is 11.2. The number of benzene rings is 2. The molecular weight excluding hydrogens is 664 g/mol. The summed E-state index contributed by atoms with van der Waals surface area (Å²) in [5.41, 5.74) is 6.56. The van der Waals surface area contributed by atoms with Gasteiger partial charge in [0.15, 0.2) is 0 Å². The zero-order valence-corrected chi connectivity index (χ0v) is 26.9. The van der Waals surface area contributed by atoms with Gasteiger partial charge in [-0.3, -0.25) is 10.4 Å². The van der Waals surface area contributed by atoms with Gasteiger partial charge in [0, 0.05) is 39.0 Å². The Morgan fingerprint density at radius 2 is 1.38 bits per heavy atom. The van der Waals surface area contributed by atoms with Crippen LogP contribution < -0.4 is 18.9 Å². The van der Waals surface area contributed by atoms with Crippen molar-refractivity contribution in [2.45, 2.75) is 25.7 Å². The maximum absolute atomic E-state index is 9.10. The van der Waals surface area contributed by atoms with E-state index in [-0.39, 0.29) is 0 Å². The number of aromatic nitrogens is 2. The van der Waals surface area contributed by atoms with Crippen molar-refractivity contribution in [3.8, 4) is 29.1 Å². The minimum Gasteiger partial charge on any atom is -0.497 e. The molecule has 1 N–H and O–H groups in total. The summed E-state index contributed by atoms with van der Waals surface area (Å²) in [5.74, 6) is 2.93. The van der Waals surface area contributed by atoms with E-state index in [1.54, 1.807) is 40.8 Å². The lowest BCUT2D eigenvalue weighted by molar-refractivity contribution is 0.393. The highest BCUT2D eigenvalue weighted by molar-refractivity contribution is 9.10. The fraction of sp³-hybridized carbons (Fsp3) is 0.250. The van der Waals surface area contributed by atoms with Crippen LogP contribution in [-0.4, -0.2) is 44.1 Å². The van der Waals surface area contributed by atoms with Gasteiger partial charge in [-0.15, -0.1) is 0 Å². The molecule has 42 heavy (non-hydrogen) atoms. The van der Waals surface area contributed by atoms with Crippen LogP contribution in [0.15, 0.2) is 63.8 Å². The molecule has 2 aromatic carbocycles. The lowest BCUT2D eigenvalue weighted by Gasteiger charge is -2.14. The summed E-state index contributed by atoms with van der Waals surface area (Å²) >= 11 is 6.83. The molecule has 0 bridgehead atoms. The van der Waals surface area contributed by atoms with Gasteiger partial charge >= 0.3 is 0 Å². The van der Waals surface area contributed by atoms with E-state index in [2.05, 4.69) is 47.9 Å².